The summed E-state index contributed by atoms with van der Waals surface area (Å²) in [6, 6.07) is 0. The molecule has 0 rings (SSSR count). The first kappa shape index (κ1) is 5.21. The van der Waals surface area contributed by atoms with Crippen molar-refractivity contribution in [1.29, 1.82) is 0 Å². The van der Waals surface area contributed by atoms with Crippen molar-refractivity contribution in [1.82, 2.24) is 0 Å². The minimum absolute atomic E-state index is 0.972. The average molecular weight is 85.1 g/mol. The lowest BCUT2D eigenvalue weighted by Gasteiger charge is -1.83. The minimum atomic E-state index is -1.14. The summed E-state index contributed by atoms with van der Waals surface area (Å²) in [6.45, 7) is 1.62. The second kappa shape index (κ2) is 2.45. The molecule has 0 heterocycles. The number of carbonyl (C=O) groups is 1. The zero-order valence-electron chi connectivity index (χ0n) is 3.47. The highest BCUT2D eigenvalue weighted by Gasteiger charge is 1.61. The van der Waals surface area contributed by atoms with Crippen LogP contribution in [0.25, 0.3) is 0 Å². The summed E-state index contributed by atoms with van der Waals surface area (Å²) in [7, 11) is 0. The van der Waals surface area contributed by atoms with Gasteiger partial charge in [0.15, 0.2) is 0 Å². The van der Waals surface area contributed by atoms with Gasteiger partial charge in [-0.05, 0) is 13.0 Å². The number of carboxylic acids is 1. The summed E-state index contributed by atoms with van der Waals surface area (Å²) in [4.78, 5) is 9.40. The third-order valence-corrected chi connectivity index (χ3v) is 0.303. The van der Waals surface area contributed by atoms with Gasteiger partial charge >= 0.3 is 0 Å². The normalized spacial score (nSPS) is 9.50. The van der Waals surface area contributed by atoms with Crippen molar-refractivity contribution in [3.05, 3.63) is 12.2 Å². The molecule has 0 atom stereocenters. The number of carbonyl (C=O) groups excluding carboxylic acids is 1. The summed E-state index contributed by atoms with van der Waals surface area (Å²) in [5, 5.41) is 9.40. The first-order chi connectivity index (χ1) is 2.77. The van der Waals surface area contributed by atoms with Crippen LogP contribution < -0.4 is 5.11 Å². The van der Waals surface area contributed by atoms with E-state index in [4.69, 9.17) is 0 Å². The number of hydrogen-bond donors (Lipinski definition) is 0. The van der Waals surface area contributed by atoms with Crippen LogP contribution in [0.5, 0.6) is 0 Å². The Morgan fingerprint density at radius 1 is 1.83 bits per heavy atom. The minimum Gasteiger partial charge on any atom is -0.545 e. The monoisotopic (exact) mass is 85.0 g/mol. The molecular formula is C4H5O2-. The Bertz CT molecular complexity index is 73.6. The van der Waals surface area contributed by atoms with E-state index in [0.29, 0.717) is 0 Å². The number of aliphatic carboxylic acids is 1. The molecule has 0 aromatic carbocycles. The maximum atomic E-state index is 9.40. The van der Waals surface area contributed by atoms with Gasteiger partial charge in [0.1, 0.15) is 0 Å². The third kappa shape index (κ3) is 3.21. The van der Waals surface area contributed by atoms with Crippen LogP contribution in [0.15, 0.2) is 12.2 Å². The second-order valence-corrected chi connectivity index (χ2v) is 0.819. The molecule has 0 N–H and O–H groups in total. The third-order valence-electron chi connectivity index (χ3n) is 0.303. The van der Waals surface area contributed by atoms with E-state index in [-0.39, 0.29) is 0 Å². The summed E-state index contributed by atoms with van der Waals surface area (Å²) < 4.78 is 0. The Morgan fingerprint density at radius 3 is 2.33 bits per heavy atom. The lowest BCUT2D eigenvalue weighted by molar-refractivity contribution is -0.297. The smallest absolute Gasteiger partial charge is 0.0639 e. The Kier molecular flexibility index (Phi) is 2.13. The molecular weight excluding hydrogens is 80.0 g/mol. The molecule has 34 valence electrons. The number of carboxylic acid groups (broad SMARTS) is 1. The van der Waals surface area contributed by atoms with Crippen molar-refractivity contribution in [2.75, 3.05) is 0 Å². The zero-order valence-corrected chi connectivity index (χ0v) is 3.47. The van der Waals surface area contributed by atoms with Gasteiger partial charge in [-0.3, -0.25) is 0 Å². The second-order valence-electron chi connectivity index (χ2n) is 0.819. The SMILES string of the molecule is CC=CC(=O)[O-]. The lowest BCUT2D eigenvalue weighted by atomic mass is 10.5. The highest BCUT2D eigenvalue weighted by molar-refractivity contribution is 5.77. The Hall–Kier alpha value is -0.790. The first-order valence-electron chi connectivity index (χ1n) is 1.61. The fraction of sp³-hybridized carbons (Fsp3) is 0.250. The number of allylic oxidation sites excluding steroid dienone is 1. The molecule has 2 nitrogen and oxygen atoms in total. The van der Waals surface area contributed by atoms with Crippen molar-refractivity contribution in [3.8, 4) is 0 Å². The Labute approximate surface area is 36.1 Å². The Morgan fingerprint density at radius 2 is 2.33 bits per heavy atom. The van der Waals surface area contributed by atoms with Gasteiger partial charge in [-0.2, -0.15) is 0 Å². The van der Waals surface area contributed by atoms with E-state index in [1.807, 2.05) is 0 Å². The van der Waals surface area contributed by atoms with Crippen molar-refractivity contribution in [3.63, 3.8) is 0 Å². The molecule has 0 fully saturated rings. The topological polar surface area (TPSA) is 40.1 Å². The van der Waals surface area contributed by atoms with E-state index >= 15 is 0 Å². The van der Waals surface area contributed by atoms with E-state index in [2.05, 4.69) is 0 Å². The summed E-state index contributed by atoms with van der Waals surface area (Å²) in [5.41, 5.74) is 0. The maximum absolute atomic E-state index is 9.40. The largest absolute Gasteiger partial charge is 0.545 e. The van der Waals surface area contributed by atoms with Gasteiger partial charge in [0.05, 0.1) is 5.97 Å². The molecule has 6 heavy (non-hydrogen) atoms. The highest BCUT2D eigenvalue weighted by Crippen LogP contribution is 1.61. The van der Waals surface area contributed by atoms with E-state index in [0.717, 1.165) is 6.08 Å². The standard InChI is InChI=1S/C4H6O2/c1-2-3-4(5)6/h2-3H,1H3,(H,5,6)/p-1. The molecule has 0 bridgehead atoms. The van der Waals surface area contributed by atoms with Crippen molar-refractivity contribution in [2.45, 2.75) is 6.92 Å². The zero-order chi connectivity index (χ0) is 4.99. The van der Waals surface area contributed by atoms with Gasteiger partial charge in [-0.1, -0.05) is 6.08 Å². The van der Waals surface area contributed by atoms with E-state index in [1.165, 1.54) is 6.08 Å². The van der Waals surface area contributed by atoms with Crippen LogP contribution in [0.2, 0.25) is 0 Å². The molecule has 0 aliphatic carbocycles. The van der Waals surface area contributed by atoms with Crippen molar-refractivity contribution < 1.29 is 9.90 Å². The van der Waals surface area contributed by atoms with Gasteiger partial charge in [-0.25, -0.2) is 0 Å². The number of hydrogen-bond acceptors (Lipinski definition) is 2. The molecule has 0 amide bonds. The van der Waals surface area contributed by atoms with Crippen LogP contribution in [0.4, 0.5) is 0 Å². The van der Waals surface area contributed by atoms with E-state index in [1.54, 1.807) is 6.92 Å². The first-order valence-corrected chi connectivity index (χ1v) is 1.61. The molecule has 0 saturated heterocycles. The summed E-state index contributed by atoms with van der Waals surface area (Å²) in [6.07, 6.45) is 2.38. The lowest BCUT2D eigenvalue weighted by Crippen LogP contribution is -2.18. The molecule has 0 aliphatic heterocycles. The molecule has 0 saturated carbocycles. The molecule has 0 aliphatic rings. The van der Waals surface area contributed by atoms with Gasteiger partial charge in [0, 0.05) is 0 Å². The fourth-order valence-corrected chi connectivity index (χ4v) is 0.136. The Balaban J connectivity index is 3.30. The quantitative estimate of drug-likeness (QED) is 0.395. The van der Waals surface area contributed by atoms with Crippen LogP contribution in [-0.2, 0) is 4.79 Å². The van der Waals surface area contributed by atoms with Gasteiger partial charge in [0.2, 0.25) is 0 Å². The molecule has 0 unspecified atom stereocenters. The summed E-state index contributed by atoms with van der Waals surface area (Å²) in [5.74, 6) is -1.14. The van der Waals surface area contributed by atoms with Gasteiger partial charge < -0.3 is 9.90 Å². The molecule has 0 aromatic heterocycles. The van der Waals surface area contributed by atoms with Crippen molar-refractivity contribution >= 4 is 5.97 Å². The van der Waals surface area contributed by atoms with Crippen molar-refractivity contribution in [2.24, 2.45) is 0 Å². The fourth-order valence-electron chi connectivity index (χ4n) is 0.136. The average Bonchev–Trinajstić information content (AvgIpc) is 1.35. The van der Waals surface area contributed by atoms with Gasteiger partial charge in [0.25, 0.3) is 0 Å². The van der Waals surface area contributed by atoms with E-state index in [9.17, 15) is 9.90 Å². The van der Waals surface area contributed by atoms with Gasteiger partial charge in [-0.15, -0.1) is 0 Å². The van der Waals surface area contributed by atoms with Crippen LogP contribution in [0.1, 0.15) is 6.92 Å². The van der Waals surface area contributed by atoms with E-state index < -0.39 is 5.97 Å². The van der Waals surface area contributed by atoms with Crippen LogP contribution in [0, 0.1) is 0 Å². The van der Waals surface area contributed by atoms with Crippen LogP contribution in [-0.4, -0.2) is 5.97 Å². The molecule has 0 spiro atoms. The highest BCUT2D eigenvalue weighted by atomic mass is 16.4. The molecule has 2 heteroatoms. The maximum Gasteiger partial charge on any atom is 0.0639 e. The summed E-state index contributed by atoms with van der Waals surface area (Å²) >= 11 is 0. The molecule has 0 aromatic rings. The molecule has 0 radical (unpaired) electrons. The predicted molar refractivity (Wildman–Crippen MR) is 19.8 cm³/mol. The number of rotatable bonds is 1. The van der Waals surface area contributed by atoms with Crippen LogP contribution >= 0.6 is 0 Å². The predicted octanol–water partition coefficient (Wildman–Crippen LogP) is -0.688. The van der Waals surface area contributed by atoms with Crippen LogP contribution in [0.3, 0.4) is 0 Å².